The number of carbonyl (C=O) groups is 1. The molecule has 1 aliphatic heterocycles. The number of likely N-dealkylation sites (tertiary alicyclic amines) is 1. The number of aromatic nitrogens is 1. The zero-order chi connectivity index (χ0) is 16.2. The number of carbonyl (C=O) groups excluding carboxylic acids is 1. The summed E-state index contributed by atoms with van der Waals surface area (Å²) in [6.45, 7) is 1.38. The van der Waals surface area contributed by atoms with E-state index in [1.807, 2.05) is 0 Å². The van der Waals surface area contributed by atoms with Gasteiger partial charge in [0.2, 0.25) is 11.8 Å². The van der Waals surface area contributed by atoms with Crippen LogP contribution in [0, 0.1) is 6.92 Å². The maximum atomic E-state index is 13.1. The summed E-state index contributed by atoms with van der Waals surface area (Å²) >= 11 is 0. The SMILES string of the molecule is Cc1cnc(COCC(=O)N2CCCCCC2C(F)(F)F)o1. The second-order valence-corrected chi connectivity index (χ2v) is 5.35. The van der Waals surface area contributed by atoms with E-state index in [4.69, 9.17) is 9.15 Å². The van der Waals surface area contributed by atoms with Crippen molar-refractivity contribution < 1.29 is 27.1 Å². The summed E-state index contributed by atoms with van der Waals surface area (Å²) < 4.78 is 49.5. The highest BCUT2D eigenvalue weighted by Crippen LogP contribution is 2.31. The summed E-state index contributed by atoms with van der Waals surface area (Å²) in [6, 6.07) is -1.71. The monoisotopic (exact) mass is 320 g/mol. The fraction of sp³-hybridized carbons (Fsp3) is 0.714. The van der Waals surface area contributed by atoms with Gasteiger partial charge < -0.3 is 14.1 Å². The Morgan fingerprint density at radius 3 is 2.86 bits per heavy atom. The summed E-state index contributed by atoms with van der Waals surface area (Å²) in [5.41, 5.74) is 0. The maximum Gasteiger partial charge on any atom is 0.408 e. The molecule has 1 saturated heterocycles. The smallest absolute Gasteiger partial charge is 0.408 e. The Morgan fingerprint density at radius 1 is 1.45 bits per heavy atom. The van der Waals surface area contributed by atoms with Crippen LogP contribution in [0.15, 0.2) is 10.6 Å². The third-order valence-corrected chi connectivity index (χ3v) is 3.57. The van der Waals surface area contributed by atoms with Gasteiger partial charge in [-0.2, -0.15) is 13.2 Å². The van der Waals surface area contributed by atoms with Crippen LogP contribution in [-0.2, 0) is 16.1 Å². The summed E-state index contributed by atoms with van der Waals surface area (Å²) in [4.78, 5) is 16.8. The second-order valence-electron chi connectivity index (χ2n) is 5.35. The van der Waals surface area contributed by atoms with Crippen molar-refractivity contribution in [3.05, 3.63) is 17.8 Å². The molecule has 2 heterocycles. The Labute approximate surface area is 126 Å². The van der Waals surface area contributed by atoms with Crippen LogP contribution in [0.4, 0.5) is 13.2 Å². The zero-order valence-corrected chi connectivity index (χ0v) is 12.4. The van der Waals surface area contributed by atoms with Crippen LogP contribution in [-0.4, -0.2) is 41.2 Å². The lowest BCUT2D eigenvalue weighted by Gasteiger charge is -2.31. The third-order valence-electron chi connectivity index (χ3n) is 3.57. The number of nitrogens with zero attached hydrogens (tertiary/aromatic N) is 2. The van der Waals surface area contributed by atoms with Crippen LogP contribution >= 0.6 is 0 Å². The lowest BCUT2D eigenvalue weighted by molar-refractivity contribution is -0.191. The minimum Gasteiger partial charge on any atom is -0.443 e. The van der Waals surface area contributed by atoms with Crippen molar-refractivity contribution in [2.75, 3.05) is 13.2 Å². The van der Waals surface area contributed by atoms with Gasteiger partial charge in [-0.05, 0) is 19.8 Å². The van der Waals surface area contributed by atoms with Gasteiger partial charge in [-0.25, -0.2) is 4.98 Å². The maximum absolute atomic E-state index is 13.1. The molecule has 0 radical (unpaired) electrons. The Morgan fingerprint density at radius 2 is 2.23 bits per heavy atom. The van der Waals surface area contributed by atoms with Crippen LogP contribution in [0.25, 0.3) is 0 Å². The number of alkyl halides is 3. The molecule has 1 aromatic heterocycles. The van der Waals surface area contributed by atoms with Gasteiger partial charge in [0.1, 0.15) is 25.0 Å². The molecule has 0 saturated carbocycles. The van der Waals surface area contributed by atoms with E-state index in [0.717, 1.165) is 4.90 Å². The number of halogens is 3. The first-order valence-corrected chi connectivity index (χ1v) is 7.23. The molecule has 1 amide bonds. The number of aryl methyl sites for hydroxylation is 1. The van der Waals surface area contributed by atoms with Gasteiger partial charge in [0, 0.05) is 6.54 Å². The third kappa shape index (κ3) is 4.46. The average molecular weight is 320 g/mol. The standard InChI is InChI=1S/C14H19F3N2O3/c1-10-7-18-12(22-10)8-21-9-13(20)19-6-4-2-3-5-11(19)14(15,16)17/h7,11H,2-6,8-9H2,1H3. The molecule has 1 aromatic rings. The molecule has 8 heteroatoms. The lowest BCUT2D eigenvalue weighted by atomic mass is 10.1. The number of rotatable bonds is 4. The number of hydrogen-bond donors (Lipinski definition) is 0. The lowest BCUT2D eigenvalue weighted by Crippen LogP contribution is -2.49. The molecule has 5 nitrogen and oxygen atoms in total. The molecule has 1 aliphatic rings. The molecule has 22 heavy (non-hydrogen) atoms. The number of oxazole rings is 1. The van der Waals surface area contributed by atoms with Crippen molar-refractivity contribution >= 4 is 5.91 Å². The quantitative estimate of drug-likeness (QED) is 0.856. The van der Waals surface area contributed by atoms with E-state index in [2.05, 4.69) is 4.98 Å². The van der Waals surface area contributed by atoms with Crippen LogP contribution in [0.5, 0.6) is 0 Å². The van der Waals surface area contributed by atoms with E-state index < -0.39 is 24.7 Å². The van der Waals surface area contributed by atoms with Crippen molar-refractivity contribution in [1.29, 1.82) is 0 Å². The summed E-state index contributed by atoms with van der Waals surface area (Å²) in [7, 11) is 0. The molecule has 124 valence electrons. The highest BCUT2D eigenvalue weighted by atomic mass is 19.4. The second kappa shape index (κ2) is 7.13. The predicted octanol–water partition coefficient (Wildman–Crippen LogP) is 2.83. The molecule has 1 unspecified atom stereocenters. The van der Waals surface area contributed by atoms with Crippen LogP contribution in [0.1, 0.15) is 37.3 Å². The van der Waals surface area contributed by atoms with Crippen molar-refractivity contribution in [3.63, 3.8) is 0 Å². The number of ether oxygens (including phenoxy) is 1. The Hall–Kier alpha value is -1.57. The van der Waals surface area contributed by atoms with E-state index >= 15 is 0 Å². The summed E-state index contributed by atoms with van der Waals surface area (Å²) in [5.74, 6) is 0.260. The van der Waals surface area contributed by atoms with Crippen molar-refractivity contribution in [3.8, 4) is 0 Å². The van der Waals surface area contributed by atoms with Gasteiger partial charge in [-0.3, -0.25) is 4.79 Å². The summed E-state index contributed by atoms with van der Waals surface area (Å²) in [6.07, 6.45) is -1.18. The molecule has 0 bridgehead atoms. The van der Waals surface area contributed by atoms with Gasteiger partial charge in [0.05, 0.1) is 6.20 Å². The topological polar surface area (TPSA) is 55.6 Å². The van der Waals surface area contributed by atoms with Crippen molar-refractivity contribution in [2.45, 2.75) is 51.4 Å². The average Bonchev–Trinajstić information content (AvgIpc) is 2.71. The minimum atomic E-state index is -4.40. The predicted molar refractivity (Wildman–Crippen MR) is 70.9 cm³/mol. The highest BCUT2D eigenvalue weighted by molar-refractivity contribution is 5.78. The van der Waals surface area contributed by atoms with Gasteiger partial charge in [0.15, 0.2) is 0 Å². The van der Waals surface area contributed by atoms with Gasteiger partial charge in [-0.1, -0.05) is 12.8 Å². The first-order valence-electron chi connectivity index (χ1n) is 7.23. The van der Waals surface area contributed by atoms with Gasteiger partial charge in [-0.15, -0.1) is 0 Å². The molecule has 0 aliphatic carbocycles. The molecule has 0 aromatic carbocycles. The number of amides is 1. The molecule has 1 atom stereocenters. The number of hydrogen-bond acceptors (Lipinski definition) is 4. The molecular formula is C14H19F3N2O3. The van der Waals surface area contributed by atoms with Crippen LogP contribution in [0.3, 0.4) is 0 Å². The van der Waals surface area contributed by atoms with Crippen LogP contribution in [0.2, 0.25) is 0 Å². The minimum absolute atomic E-state index is 0.0376. The van der Waals surface area contributed by atoms with Crippen LogP contribution < -0.4 is 0 Å². The Kier molecular flexibility index (Phi) is 5.44. The first-order chi connectivity index (χ1) is 10.4. The van der Waals surface area contributed by atoms with E-state index in [9.17, 15) is 18.0 Å². The zero-order valence-electron chi connectivity index (χ0n) is 12.4. The van der Waals surface area contributed by atoms with E-state index in [1.165, 1.54) is 6.20 Å². The van der Waals surface area contributed by atoms with E-state index in [1.54, 1.807) is 6.92 Å². The van der Waals surface area contributed by atoms with Crippen molar-refractivity contribution in [1.82, 2.24) is 9.88 Å². The van der Waals surface area contributed by atoms with E-state index in [-0.39, 0.29) is 19.6 Å². The largest absolute Gasteiger partial charge is 0.443 e. The molecule has 2 rings (SSSR count). The highest BCUT2D eigenvalue weighted by Gasteiger charge is 2.45. The molecule has 0 N–H and O–H groups in total. The molecular weight excluding hydrogens is 301 g/mol. The molecule has 1 fully saturated rings. The van der Waals surface area contributed by atoms with Gasteiger partial charge >= 0.3 is 6.18 Å². The normalized spacial score (nSPS) is 20.0. The van der Waals surface area contributed by atoms with Crippen molar-refractivity contribution in [2.24, 2.45) is 0 Å². The van der Waals surface area contributed by atoms with Gasteiger partial charge in [0.25, 0.3) is 0 Å². The fourth-order valence-electron chi connectivity index (χ4n) is 2.52. The molecule has 0 spiro atoms. The van der Waals surface area contributed by atoms with E-state index in [0.29, 0.717) is 30.9 Å². The fourth-order valence-corrected chi connectivity index (χ4v) is 2.52. The summed E-state index contributed by atoms with van der Waals surface area (Å²) in [5, 5.41) is 0. The first kappa shape index (κ1) is 16.8. The Balaban J connectivity index is 1.90. The Bertz CT molecular complexity index is 502.